The van der Waals surface area contributed by atoms with Crippen LogP contribution in [0.1, 0.15) is 119 Å². The molecule has 9 rings (SSSR count). The van der Waals surface area contributed by atoms with Gasteiger partial charge < -0.3 is 0 Å². The molecule has 0 radical (unpaired) electrons. The topological polar surface area (TPSA) is 31.2 Å². The Hall–Kier alpha value is 0.120. The van der Waals surface area contributed by atoms with E-state index in [1.54, 1.807) is 0 Å². The van der Waals surface area contributed by atoms with Gasteiger partial charge in [0.25, 0.3) is 0 Å². The van der Waals surface area contributed by atoms with Crippen LogP contribution in [0.2, 0.25) is 0 Å². The molecule has 188 valence electrons. The van der Waals surface area contributed by atoms with Crippen molar-refractivity contribution in [3.8, 4) is 0 Å². The lowest BCUT2D eigenvalue weighted by atomic mass is 9.53. The maximum absolute atomic E-state index is 5.99. The summed E-state index contributed by atoms with van der Waals surface area (Å²) in [5.41, 5.74) is 0.846. The molecule has 0 aromatic rings. The summed E-state index contributed by atoms with van der Waals surface area (Å²) in [5.74, 6) is 5.81. The van der Waals surface area contributed by atoms with Crippen molar-refractivity contribution in [1.82, 2.24) is 8.88 Å². The molecule has 34 heavy (non-hydrogen) atoms. The largest absolute Gasteiger partial charge is 0.490 e. The molecule has 8 saturated carbocycles. The van der Waals surface area contributed by atoms with Gasteiger partial charge in [0.05, 0.1) is 0 Å². The van der Waals surface area contributed by atoms with E-state index in [4.69, 9.17) is 9.49 Å². The minimum atomic E-state index is -0.621. The quantitative estimate of drug-likeness (QED) is 0.353. The smallest absolute Gasteiger partial charge is 0.0597 e. The molecular weight excluding hydrogens is 454 g/mol. The monoisotopic (exact) mass is 502 g/mol. The Labute approximate surface area is 210 Å². The maximum Gasteiger partial charge on any atom is 0.490 e. The van der Waals surface area contributed by atoms with Crippen molar-refractivity contribution in [3.05, 3.63) is 0 Å². The van der Waals surface area contributed by atoms with Crippen LogP contribution in [0.25, 0.3) is 0 Å². The van der Waals surface area contributed by atoms with Crippen molar-refractivity contribution < 1.29 is 0 Å². The first-order valence-corrected chi connectivity index (χ1v) is 17.0. The van der Waals surface area contributed by atoms with Crippen molar-refractivity contribution in [2.75, 3.05) is 0 Å². The highest BCUT2D eigenvalue weighted by atomic mass is 31.2. The van der Waals surface area contributed by atoms with E-state index >= 15 is 0 Å². The molecule has 0 N–H and O–H groups in total. The van der Waals surface area contributed by atoms with Gasteiger partial charge in [-0.3, -0.25) is 0 Å². The van der Waals surface area contributed by atoms with Crippen LogP contribution in [-0.4, -0.2) is 31.0 Å². The molecule has 0 unspecified atom stereocenters. The molecule has 0 aromatic heterocycles. The fourth-order valence-corrected chi connectivity index (χ4v) is 16.4. The second kappa shape index (κ2) is 7.36. The summed E-state index contributed by atoms with van der Waals surface area (Å²) in [7, 11) is -1.24. The zero-order chi connectivity index (χ0) is 23.7. The molecule has 0 spiro atoms. The van der Waals surface area contributed by atoms with Crippen LogP contribution in [0.4, 0.5) is 0 Å². The molecule has 0 amide bonds. The molecule has 8 aliphatic carbocycles. The van der Waals surface area contributed by atoms with Gasteiger partial charge in [0, 0.05) is 0 Å². The summed E-state index contributed by atoms with van der Waals surface area (Å²) in [4.78, 5) is 0. The second-order valence-corrected chi connectivity index (χ2v) is 19.6. The highest BCUT2D eigenvalue weighted by molar-refractivity contribution is 7.73. The van der Waals surface area contributed by atoms with E-state index in [2.05, 4.69) is 50.4 Å². The molecule has 6 heteroatoms. The van der Waals surface area contributed by atoms with E-state index in [0.717, 1.165) is 35.5 Å². The Morgan fingerprint density at radius 3 is 0.941 bits per heavy atom. The highest BCUT2D eigenvalue weighted by Crippen LogP contribution is 2.76. The molecular formula is C28H48N4P2+2. The predicted molar refractivity (Wildman–Crippen MR) is 144 cm³/mol. The second-order valence-electron chi connectivity index (χ2n) is 15.9. The maximum atomic E-state index is 5.99. The summed E-state index contributed by atoms with van der Waals surface area (Å²) in [5, 5.41) is 0. The fourth-order valence-electron chi connectivity index (χ4n) is 10.3. The first kappa shape index (κ1) is 23.3. The van der Waals surface area contributed by atoms with Crippen LogP contribution in [-0.2, 0) is 0 Å². The molecule has 4 nitrogen and oxygen atoms in total. The highest BCUT2D eigenvalue weighted by Gasteiger charge is 2.77. The van der Waals surface area contributed by atoms with Crippen LogP contribution >= 0.6 is 16.0 Å². The van der Waals surface area contributed by atoms with Gasteiger partial charge in [-0.15, -0.1) is 0 Å². The number of rotatable bonds is 2. The van der Waals surface area contributed by atoms with E-state index in [-0.39, 0.29) is 22.2 Å². The van der Waals surface area contributed by atoms with Crippen LogP contribution < -0.4 is 0 Å². The summed E-state index contributed by atoms with van der Waals surface area (Å²) in [6.07, 6.45) is 17.4. The van der Waals surface area contributed by atoms with Gasteiger partial charge in [0.1, 0.15) is 31.0 Å². The number of nitrogens with zero attached hydrogens (tertiary/aromatic N) is 4. The predicted octanol–water partition coefficient (Wildman–Crippen LogP) is 9.13. The minimum Gasteiger partial charge on any atom is -0.0597 e. The van der Waals surface area contributed by atoms with Crippen LogP contribution in [0, 0.1) is 35.5 Å². The number of hydrogen-bond acceptors (Lipinski definition) is 2. The zero-order valence-corrected chi connectivity index (χ0v) is 24.4. The first-order chi connectivity index (χ1) is 15.9. The number of hydrogen-bond donors (Lipinski definition) is 0. The van der Waals surface area contributed by atoms with E-state index in [1.807, 2.05) is 0 Å². The Balaban J connectivity index is 1.29. The molecule has 8 bridgehead atoms. The molecule has 0 atom stereocenters. The minimum absolute atomic E-state index is 0.136. The molecule has 1 aliphatic heterocycles. The van der Waals surface area contributed by atoms with Gasteiger partial charge in [-0.2, -0.15) is 0 Å². The van der Waals surface area contributed by atoms with Crippen molar-refractivity contribution >= 4 is 16.0 Å². The third kappa shape index (κ3) is 3.67. The lowest BCUT2D eigenvalue weighted by molar-refractivity contribution is 0.00131. The van der Waals surface area contributed by atoms with Crippen LogP contribution in [0.5, 0.6) is 0 Å². The van der Waals surface area contributed by atoms with Gasteiger partial charge in [-0.1, -0.05) is 9.49 Å². The molecule has 1 heterocycles. The van der Waals surface area contributed by atoms with Gasteiger partial charge in [-0.25, -0.2) is 0 Å². The summed E-state index contributed by atoms with van der Waals surface area (Å²) < 4.78 is 17.7. The van der Waals surface area contributed by atoms with Gasteiger partial charge in [-0.05, 0) is 154 Å². The standard InChI is InChI=1S/C28H48N4P2/c1-25(2,3)31-33(29-27-13-19-7-20(14-27)9-21(8-19)15-27)32(26(4,5)6)34(31)30-28-16-22-10-23(17-28)12-24(11-22)18-28/h19-24H,7-18H2,1-6H3/q+2. The third-order valence-corrected chi connectivity index (χ3v) is 17.4. The zero-order valence-electron chi connectivity index (χ0n) is 22.6. The Bertz CT molecular complexity index is 780. The van der Waals surface area contributed by atoms with Gasteiger partial charge in [0.15, 0.2) is 0 Å². The average molecular weight is 503 g/mol. The summed E-state index contributed by atoms with van der Waals surface area (Å²) >= 11 is 0. The SMILES string of the molecule is CC(C)(C)N1[P+](=NC23CC4CC(CC(C4)C2)C3)N(C(C)(C)C)[P+]1=NC12CC3CC(CC(C3)C1)C2. The molecule has 0 aromatic carbocycles. The lowest BCUT2D eigenvalue weighted by Gasteiger charge is -2.54. The van der Waals surface area contributed by atoms with Crippen molar-refractivity contribution in [2.24, 2.45) is 45.0 Å². The van der Waals surface area contributed by atoms with E-state index in [1.165, 1.54) is 77.0 Å². The van der Waals surface area contributed by atoms with E-state index < -0.39 is 16.0 Å². The van der Waals surface area contributed by atoms with E-state index in [9.17, 15) is 0 Å². The van der Waals surface area contributed by atoms with Gasteiger partial charge >= 0.3 is 16.0 Å². The average Bonchev–Trinajstić information content (AvgIpc) is 2.61. The summed E-state index contributed by atoms with van der Waals surface area (Å²) in [6.45, 7) is 14.7. The van der Waals surface area contributed by atoms with Crippen molar-refractivity contribution in [2.45, 2.75) is 141 Å². The Morgan fingerprint density at radius 1 is 0.500 bits per heavy atom. The molecule has 9 fully saturated rings. The van der Waals surface area contributed by atoms with Crippen LogP contribution in [0.3, 0.4) is 0 Å². The van der Waals surface area contributed by atoms with Crippen molar-refractivity contribution in [1.29, 1.82) is 0 Å². The summed E-state index contributed by atoms with van der Waals surface area (Å²) in [6, 6.07) is 0. The van der Waals surface area contributed by atoms with Crippen molar-refractivity contribution in [3.63, 3.8) is 0 Å². The molecule has 1 saturated heterocycles. The van der Waals surface area contributed by atoms with Gasteiger partial charge in [0.2, 0.25) is 0 Å². The molecule has 9 aliphatic rings. The first-order valence-electron chi connectivity index (χ1n) is 14.6. The van der Waals surface area contributed by atoms with E-state index in [0.29, 0.717) is 0 Å². The third-order valence-electron chi connectivity index (χ3n) is 10.5. The lowest BCUT2D eigenvalue weighted by Crippen LogP contribution is -2.53. The Morgan fingerprint density at radius 2 is 0.735 bits per heavy atom. The fraction of sp³-hybridized carbons (Fsp3) is 1.00. The normalized spacial score (nSPS) is 50.1. The van der Waals surface area contributed by atoms with Crippen LogP contribution in [0.15, 0.2) is 9.49 Å². The Kier molecular flexibility index (Phi) is 5.04.